The van der Waals surface area contributed by atoms with Gasteiger partial charge in [0.25, 0.3) is 5.91 Å². The number of nitrogens with zero attached hydrogens (tertiary/aromatic N) is 1. The second-order valence-electron chi connectivity index (χ2n) is 7.71. The maximum Gasteiger partial charge on any atom is 0.255 e. The number of Topliss-reactive ketones (excluding diaryl/α,β-unsaturated/α-hetero) is 1. The van der Waals surface area contributed by atoms with Crippen molar-refractivity contribution in [2.24, 2.45) is 5.41 Å². The number of likely N-dealkylation sites (tertiary alicyclic amines) is 1. The van der Waals surface area contributed by atoms with E-state index >= 15 is 0 Å². The minimum absolute atomic E-state index is 0.0172. The van der Waals surface area contributed by atoms with E-state index in [-0.39, 0.29) is 29.1 Å². The van der Waals surface area contributed by atoms with Crippen molar-refractivity contribution in [2.75, 3.05) is 13.1 Å². The van der Waals surface area contributed by atoms with E-state index in [2.05, 4.69) is 5.32 Å². The summed E-state index contributed by atoms with van der Waals surface area (Å²) in [5.41, 5.74) is 1.06. The van der Waals surface area contributed by atoms with Gasteiger partial charge in [0.1, 0.15) is 11.5 Å². The number of fused-ring (bicyclic) bond motifs is 1. The fourth-order valence-corrected chi connectivity index (χ4v) is 4.48. The molecule has 6 heteroatoms. The van der Waals surface area contributed by atoms with E-state index in [4.69, 9.17) is 4.42 Å². The summed E-state index contributed by atoms with van der Waals surface area (Å²) in [7, 11) is 0. The fraction of sp³-hybridized carbons (Fsp3) is 0.632. The van der Waals surface area contributed by atoms with Gasteiger partial charge in [0.2, 0.25) is 5.91 Å². The highest BCUT2D eigenvalue weighted by molar-refractivity contribution is 6.10. The van der Waals surface area contributed by atoms with Gasteiger partial charge in [-0.25, -0.2) is 0 Å². The second kappa shape index (κ2) is 5.71. The van der Waals surface area contributed by atoms with Crippen LogP contribution in [-0.4, -0.2) is 41.6 Å². The predicted molar refractivity (Wildman–Crippen MR) is 90.5 cm³/mol. The number of carbonyl (C=O) groups excluding carboxylic acids is 3. The number of hydrogen-bond donors (Lipinski definition) is 1. The maximum atomic E-state index is 12.8. The van der Waals surface area contributed by atoms with Gasteiger partial charge in [0.05, 0.1) is 11.1 Å². The molecule has 1 spiro atoms. The van der Waals surface area contributed by atoms with Crippen LogP contribution >= 0.6 is 0 Å². The Hall–Kier alpha value is -2.11. The molecule has 2 aliphatic carbocycles. The van der Waals surface area contributed by atoms with Crippen LogP contribution in [0.5, 0.6) is 0 Å². The number of amides is 2. The van der Waals surface area contributed by atoms with E-state index in [0.717, 1.165) is 45.2 Å². The highest BCUT2D eigenvalue weighted by Gasteiger charge is 2.56. The Kier molecular flexibility index (Phi) is 3.74. The zero-order chi connectivity index (χ0) is 17.8. The van der Waals surface area contributed by atoms with Crippen molar-refractivity contribution >= 4 is 17.6 Å². The number of carbonyl (C=O) groups is 3. The first-order valence-electron chi connectivity index (χ1n) is 9.13. The van der Waals surface area contributed by atoms with Crippen molar-refractivity contribution in [2.45, 2.75) is 58.4 Å². The molecular formula is C19H24N2O4. The average Bonchev–Trinajstić information content (AvgIpc) is 3.07. The van der Waals surface area contributed by atoms with E-state index in [1.807, 2.05) is 4.90 Å². The molecule has 0 radical (unpaired) electrons. The lowest BCUT2D eigenvalue weighted by molar-refractivity contribution is -0.130. The zero-order valence-electron chi connectivity index (χ0n) is 14.8. The summed E-state index contributed by atoms with van der Waals surface area (Å²) in [6.07, 6.45) is 4.82. The molecule has 4 rings (SSSR count). The lowest BCUT2D eigenvalue weighted by Gasteiger charge is -2.32. The van der Waals surface area contributed by atoms with Gasteiger partial charge in [-0.3, -0.25) is 14.4 Å². The number of hydrogen-bond acceptors (Lipinski definition) is 4. The van der Waals surface area contributed by atoms with E-state index in [1.54, 1.807) is 13.8 Å². The molecular weight excluding hydrogens is 320 g/mol. The lowest BCUT2D eigenvalue weighted by Crippen LogP contribution is -2.41. The number of nitrogens with one attached hydrogen (secondary N) is 1. The Labute approximate surface area is 146 Å². The van der Waals surface area contributed by atoms with Crippen LogP contribution < -0.4 is 5.32 Å². The van der Waals surface area contributed by atoms with Crippen molar-refractivity contribution < 1.29 is 18.8 Å². The summed E-state index contributed by atoms with van der Waals surface area (Å²) in [5.74, 6) is 1.16. The van der Waals surface area contributed by atoms with Gasteiger partial charge in [-0.2, -0.15) is 0 Å². The van der Waals surface area contributed by atoms with Crippen molar-refractivity contribution in [3.8, 4) is 0 Å². The summed E-state index contributed by atoms with van der Waals surface area (Å²) in [4.78, 5) is 38.4. The molecule has 0 aromatic carbocycles. The van der Waals surface area contributed by atoms with Gasteiger partial charge in [-0.05, 0) is 38.0 Å². The minimum Gasteiger partial charge on any atom is -0.465 e. The average molecular weight is 344 g/mol. The quantitative estimate of drug-likeness (QED) is 0.892. The van der Waals surface area contributed by atoms with E-state index in [1.165, 1.54) is 0 Å². The molecule has 1 saturated carbocycles. The molecule has 1 aliphatic heterocycles. The molecule has 1 saturated heterocycles. The van der Waals surface area contributed by atoms with Crippen LogP contribution in [0.25, 0.3) is 0 Å². The van der Waals surface area contributed by atoms with Crippen LogP contribution in [0.4, 0.5) is 0 Å². The number of rotatable bonds is 2. The van der Waals surface area contributed by atoms with E-state index in [9.17, 15) is 14.4 Å². The highest BCUT2D eigenvalue weighted by Crippen LogP contribution is 2.54. The summed E-state index contributed by atoms with van der Waals surface area (Å²) in [6, 6.07) is 0.137. The van der Waals surface area contributed by atoms with Crippen molar-refractivity contribution in [3.63, 3.8) is 0 Å². The first kappa shape index (κ1) is 16.4. The van der Waals surface area contributed by atoms with Gasteiger partial charge in [0.15, 0.2) is 5.78 Å². The summed E-state index contributed by atoms with van der Waals surface area (Å²) < 4.78 is 5.68. The van der Waals surface area contributed by atoms with Crippen LogP contribution in [-0.2, 0) is 11.2 Å². The van der Waals surface area contributed by atoms with Gasteiger partial charge >= 0.3 is 0 Å². The van der Waals surface area contributed by atoms with Crippen molar-refractivity contribution in [1.82, 2.24) is 10.2 Å². The third kappa shape index (κ3) is 2.68. The summed E-state index contributed by atoms with van der Waals surface area (Å²) in [6.45, 7) is 4.89. The van der Waals surface area contributed by atoms with Crippen LogP contribution in [0.3, 0.4) is 0 Å². The second-order valence-corrected chi connectivity index (χ2v) is 7.71. The molecule has 134 valence electrons. The Morgan fingerprint density at radius 2 is 1.96 bits per heavy atom. The van der Waals surface area contributed by atoms with Crippen LogP contribution in [0, 0.1) is 12.3 Å². The first-order chi connectivity index (χ1) is 11.9. The molecule has 1 atom stereocenters. The monoisotopic (exact) mass is 344 g/mol. The first-order valence-corrected chi connectivity index (χ1v) is 9.13. The lowest BCUT2D eigenvalue weighted by atomic mass is 9.92. The minimum atomic E-state index is -0.186. The molecule has 25 heavy (non-hydrogen) atoms. The molecule has 2 amide bonds. The van der Waals surface area contributed by atoms with Crippen LogP contribution in [0.2, 0.25) is 0 Å². The Balaban J connectivity index is 1.46. The highest BCUT2D eigenvalue weighted by atomic mass is 16.3. The molecule has 1 aromatic rings. The van der Waals surface area contributed by atoms with Gasteiger partial charge < -0.3 is 14.6 Å². The van der Waals surface area contributed by atoms with Crippen molar-refractivity contribution in [1.29, 1.82) is 0 Å². The van der Waals surface area contributed by atoms with E-state index in [0.29, 0.717) is 29.1 Å². The maximum absolute atomic E-state index is 12.8. The SMILES string of the molecule is CC(=O)N1CCC2(CC1)CC2NC(=O)c1c(C)oc2c1C(=O)CCC2. The Morgan fingerprint density at radius 3 is 2.64 bits per heavy atom. The zero-order valence-corrected chi connectivity index (χ0v) is 14.8. The molecule has 1 N–H and O–H groups in total. The van der Waals surface area contributed by atoms with Crippen LogP contribution in [0.1, 0.15) is 71.3 Å². The third-order valence-corrected chi connectivity index (χ3v) is 6.17. The predicted octanol–water partition coefficient (Wildman–Crippen LogP) is 2.24. The largest absolute Gasteiger partial charge is 0.465 e. The number of ketones is 1. The molecule has 1 aromatic heterocycles. The smallest absolute Gasteiger partial charge is 0.255 e. The Morgan fingerprint density at radius 1 is 1.24 bits per heavy atom. The number of aryl methyl sites for hydroxylation is 2. The summed E-state index contributed by atoms with van der Waals surface area (Å²) in [5, 5.41) is 3.12. The van der Waals surface area contributed by atoms with Crippen molar-refractivity contribution in [3.05, 3.63) is 22.6 Å². The van der Waals surface area contributed by atoms with Crippen LogP contribution in [0.15, 0.2) is 4.42 Å². The fourth-order valence-electron chi connectivity index (χ4n) is 4.48. The molecule has 0 bridgehead atoms. The number of piperidine rings is 1. The molecule has 2 fully saturated rings. The Bertz CT molecular complexity index is 756. The molecule has 1 unspecified atom stereocenters. The normalized spacial score (nSPS) is 24.2. The van der Waals surface area contributed by atoms with Gasteiger partial charge in [0, 0.05) is 38.9 Å². The standard InChI is InChI=1S/C19H24N2O4/c1-11-16(17-13(23)4-3-5-14(17)25-11)18(24)20-15-10-19(15)6-8-21(9-7-19)12(2)22/h15H,3-10H2,1-2H3,(H,20,24). The number of furan rings is 1. The topological polar surface area (TPSA) is 79.6 Å². The molecule has 2 heterocycles. The van der Waals surface area contributed by atoms with Gasteiger partial charge in [-0.15, -0.1) is 0 Å². The molecule has 6 nitrogen and oxygen atoms in total. The van der Waals surface area contributed by atoms with Gasteiger partial charge in [-0.1, -0.05) is 0 Å². The third-order valence-electron chi connectivity index (χ3n) is 6.17. The summed E-state index contributed by atoms with van der Waals surface area (Å²) >= 11 is 0. The molecule has 3 aliphatic rings. The van der Waals surface area contributed by atoms with E-state index < -0.39 is 0 Å².